The first kappa shape index (κ1) is 20.1. The second kappa shape index (κ2) is 8.05. The average Bonchev–Trinajstić information content (AvgIpc) is 3.55. The number of aromatic nitrogens is 5. The van der Waals surface area contributed by atoms with E-state index in [4.69, 9.17) is 9.84 Å². The van der Waals surface area contributed by atoms with Crippen LogP contribution in [0.1, 0.15) is 38.4 Å². The van der Waals surface area contributed by atoms with E-state index in [-0.39, 0.29) is 0 Å². The number of rotatable bonds is 7. The van der Waals surface area contributed by atoms with Crippen molar-refractivity contribution in [3.8, 4) is 22.9 Å². The number of nitrogens with zero attached hydrogens (tertiary/aromatic N) is 5. The van der Waals surface area contributed by atoms with Crippen molar-refractivity contribution in [2.75, 3.05) is 5.32 Å². The van der Waals surface area contributed by atoms with Gasteiger partial charge in [0, 0.05) is 30.3 Å². The zero-order valence-corrected chi connectivity index (χ0v) is 17.9. The van der Waals surface area contributed by atoms with Gasteiger partial charge in [0.1, 0.15) is 17.2 Å². The van der Waals surface area contributed by atoms with E-state index in [2.05, 4.69) is 20.3 Å². The van der Waals surface area contributed by atoms with Gasteiger partial charge >= 0.3 is 0 Å². The predicted octanol–water partition coefficient (Wildman–Crippen LogP) is 4.83. The molecular formula is C24H24N6O2. The minimum absolute atomic E-state index is 0.432. The average molecular weight is 428 g/mol. The molecule has 8 heteroatoms. The van der Waals surface area contributed by atoms with E-state index in [1.54, 1.807) is 44.6 Å². The van der Waals surface area contributed by atoms with Crippen molar-refractivity contribution in [2.24, 2.45) is 0 Å². The quantitative estimate of drug-likeness (QED) is 0.435. The SMILES string of the molecule is CC(C)(O)c1cc(Nc2cc(Oc3cn(C4CC4)nc3-c3ccccn3)ccn2)ccn1. The van der Waals surface area contributed by atoms with Crippen LogP contribution in [-0.4, -0.2) is 29.8 Å². The Balaban J connectivity index is 1.40. The summed E-state index contributed by atoms with van der Waals surface area (Å²) in [5.74, 6) is 1.90. The molecule has 1 aliphatic rings. The zero-order valence-electron chi connectivity index (χ0n) is 17.9. The van der Waals surface area contributed by atoms with E-state index in [1.807, 2.05) is 41.2 Å². The van der Waals surface area contributed by atoms with Crippen LogP contribution in [0.2, 0.25) is 0 Å². The van der Waals surface area contributed by atoms with Crippen LogP contribution in [0, 0.1) is 0 Å². The number of hydrogen-bond donors (Lipinski definition) is 2. The third-order valence-electron chi connectivity index (χ3n) is 5.15. The summed E-state index contributed by atoms with van der Waals surface area (Å²) in [7, 11) is 0. The van der Waals surface area contributed by atoms with Crippen molar-refractivity contribution >= 4 is 11.5 Å². The van der Waals surface area contributed by atoms with Crippen LogP contribution < -0.4 is 10.1 Å². The Labute approximate surface area is 186 Å². The lowest BCUT2D eigenvalue weighted by Gasteiger charge is -2.17. The van der Waals surface area contributed by atoms with Gasteiger partial charge in [0.05, 0.1) is 23.6 Å². The monoisotopic (exact) mass is 428 g/mol. The largest absolute Gasteiger partial charge is 0.453 e. The number of ether oxygens (including phenoxy) is 1. The molecule has 162 valence electrons. The Morgan fingerprint density at radius 3 is 2.62 bits per heavy atom. The van der Waals surface area contributed by atoms with Gasteiger partial charge in [-0.15, -0.1) is 0 Å². The van der Waals surface area contributed by atoms with Gasteiger partial charge < -0.3 is 15.2 Å². The highest BCUT2D eigenvalue weighted by atomic mass is 16.5. The van der Waals surface area contributed by atoms with Gasteiger partial charge in [0.25, 0.3) is 0 Å². The van der Waals surface area contributed by atoms with Gasteiger partial charge in [-0.25, -0.2) is 4.98 Å². The zero-order chi connectivity index (χ0) is 22.1. The Kier molecular flexibility index (Phi) is 5.07. The highest BCUT2D eigenvalue weighted by Gasteiger charge is 2.27. The molecule has 4 aromatic heterocycles. The van der Waals surface area contributed by atoms with Crippen LogP contribution in [0.4, 0.5) is 11.5 Å². The fraction of sp³-hybridized carbons (Fsp3) is 0.250. The molecule has 0 spiro atoms. The first-order valence-electron chi connectivity index (χ1n) is 10.6. The predicted molar refractivity (Wildman–Crippen MR) is 121 cm³/mol. The summed E-state index contributed by atoms with van der Waals surface area (Å²) in [6.07, 6.45) is 9.28. The molecule has 1 fully saturated rings. The molecule has 5 rings (SSSR count). The summed E-state index contributed by atoms with van der Waals surface area (Å²) in [5.41, 5.74) is 1.80. The number of pyridine rings is 3. The Morgan fingerprint density at radius 1 is 1.03 bits per heavy atom. The first-order valence-corrected chi connectivity index (χ1v) is 10.6. The molecule has 0 unspecified atom stereocenters. The van der Waals surface area contributed by atoms with Crippen LogP contribution in [0.25, 0.3) is 11.4 Å². The molecule has 0 atom stereocenters. The summed E-state index contributed by atoms with van der Waals surface area (Å²) < 4.78 is 8.19. The van der Waals surface area contributed by atoms with Crippen LogP contribution in [-0.2, 0) is 5.60 Å². The molecule has 0 amide bonds. The molecular weight excluding hydrogens is 404 g/mol. The molecule has 4 heterocycles. The molecule has 1 saturated carbocycles. The lowest BCUT2D eigenvalue weighted by atomic mass is 10.0. The summed E-state index contributed by atoms with van der Waals surface area (Å²) in [5, 5.41) is 18.2. The summed E-state index contributed by atoms with van der Waals surface area (Å²) in [6, 6.07) is 13.4. The minimum Gasteiger partial charge on any atom is -0.453 e. The van der Waals surface area contributed by atoms with E-state index < -0.39 is 5.60 Å². The van der Waals surface area contributed by atoms with E-state index in [1.165, 1.54) is 0 Å². The number of aliphatic hydroxyl groups is 1. The Bertz CT molecular complexity index is 1230. The standard InChI is InChI=1S/C24H24N6O2/c1-24(2,31)21-13-16(8-11-26-21)28-22-14-18(9-12-27-22)32-20-15-30(17-6-7-17)29-23(20)19-5-3-4-10-25-19/h3-5,8-15,17,31H,6-7H2,1-2H3,(H,26,27,28). The van der Waals surface area contributed by atoms with Gasteiger partial charge in [-0.05, 0) is 57.0 Å². The van der Waals surface area contributed by atoms with Gasteiger partial charge in [-0.1, -0.05) is 6.07 Å². The summed E-state index contributed by atoms with van der Waals surface area (Å²) in [6.45, 7) is 3.40. The van der Waals surface area contributed by atoms with Crippen molar-refractivity contribution in [2.45, 2.75) is 38.3 Å². The summed E-state index contributed by atoms with van der Waals surface area (Å²) in [4.78, 5) is 13.1. The number of hydrogen-bond acceptors (Lipinski definition) is 7. The first-order chi connectivity index (χ1) is 15.5. The van der Waals surface area contributed by atoms with E-state index >= 15 is 0 Å². The van der Waals surface area contributed by atoms with Crippen LogP contribution in [0.15, 0.2) is 67.3 Å². The highest BCUT2D eigenvalue weighted by molar-refractivity contribution is 5.63. The molecule has 32 heavy (non-hydrogen) atoms. The lowest BCUT2D eigenvalue weighted by Crippen LogP contribution is -2.17. The van der Waals surface area contributed by atoms with E-state index in [9.17, 15) is 5.11 Å². The normalized spacial score (nSPS) is 13.7. The molecule has 0 aromatic carbocycles. The van der Waals surface area contributed by atoms with Crippen molar-refractivity contribution in [3.63, 3.8) is 0 Å². The van der Waals surface area contributed by atoms with Gasteiger partial charge in [-0.2, -0.15) is 5.10 Å². The Hall–Kier alpha value is -3.78. The smallest absolute Gasteiger partial charge is 0.174 e. The van der Waals surface area contributed by atoms with Gasteiger partial charge in [-0.3, -0.25) is 14.6 Å². The molecule has 0 aliphatic heterocycles. The third kappa shape index (κ3) is 4.45. The fourth-order valence-electron chi connectivity index (χ4n) is 3.32. The van der Waals surface area contributed by atoms with Gasteiger partial charge in [0.2, 0.25) is 0 Å². The highest BCUT2D eigenvalue weighted by Crippen LogP contribution is 2.39. The molecule has 0 saturated heterocycles. The number of nitrogens with one attached hydrogen (secondary N) is 1. The Morgan fingerprint density at radius 2 is 1.88 bits per heavy atom. The molecule has 1 aliphatic carbocycles. The lowest BCUT2D eigenvalue weighted by molar-refractivity contribution is 0.0739. The van der Waals surface area contributed by atoms with E-state index in [0.717, 1.165) is 24.2 Å². The molecule has 8 nitrogen and oxygen atoms in total. The van der Waals surface area contributed by atoms with E-state index in [0.29, 0.717) is 34.7 Å². The van der Waals surface area contributed by atoms with Crippen molar-refractivity contribution < 1.29 is 9.84 Å². The third-order valence-corrected chi connectivity index (χ3v) is 5.15. The van der Waals surface area contributed by atoms with Crippen LogP contribution >= 0.6 is 0 Å². The molecule has 2 N–H and O–H groups in total. The maximum absolute atomic E-state index is 10.2. The molecule has 0 radical (unpaired) electrons. The minimum atomic E-state index is -1.03. The number of anilines is 2. The summed E-state index contributed by atoms with van der Waals surface area (Å²) >= 11 is 0. The van der Waals surface area contributed by atoms with Crippen molar-refractivity contribution in [1.29, 1.82) is 0 Å². The maximum atomic E-state index is 10.2. The topological polar surface area (TPSA) is 98.0 Å². The van der Waals surface area contributed by atoms with Gasteiger partial charge in [0.15, 0.2) is 11.4 Å². The molecule has 0 bridgehead atoms. The van der Waals surface area contributed by atoms with Crippen LogP contribution in [0.5, 0.6) is 11.5 Å². The maximum Gasteiger partial charge on any atom is 0.174 e. The second-order valence-electron chi connectivity index (χ2n) is 8.36. The second-order valence-corrected chi connectivity index (χ2v) is 8.36. The van der Waals surface area contributed by atoms with Crippen LogP contribution in [0.3, 0.4) is 0 Å². The van der Waals surface area contributed by atoms with Crippen molar-refractivity contribution in [3.05, 3.63) is 72.9 Å². The van der Waals surface area contributed by atoms with Crippen molar-refractivity contribution in [1.82, 2.24) is 24.7 Å². The fourth-order valence-corrected chi connectivity index (χ4v) is 3.32. The molecule has 4 aromatic rings.